The summed E-state index contributed by atoms with van der Waals surface area (Å²) in [6.45, 7) is 0. The van der Waals surface area contributed by atoms with Crippen molar-refractivity contribution in [2.75, 3.05) is 10.6 Å². The Morgan fingerprint density at radius 3 is 2.52 bits per heavy atom. The van der Waals surface area contributed by atoms with Gasteiger partial charge in [0, 0.05) is 10.7 Å². The Morgan fingerprint density at radius 1 is 0.957 bits per heavy atom. The molecule has 1 heterocycles. The van der Waals surface area contributed by atoms with Crippen molar-refractivity contribution >= 4 is 46.3 Å². The Labute approximate surface area is 141 Å². The molecule has 5 nitrogen and oxygen atoms in total. The zero-order valence-corrected chi connectivity index (χ0v) is 13.1. The van der Waals surface area contributed by atoms with Crippen LogP contribution in [0.1, 0.15) is 0 Å². The van der Waals surface area contributed by atoms with Crippen LogP contribution in [0.5, 0.6) is 0 Å². The summed E-state index contributed by atoms with van der Waals surface area (Å²) in [7, 11) is 0. The van der Waals surface area contributed by atoms with Crippen LogP contribution in [0.15, 0.2) is 48.7 Å². The van der Waals surface area contributed by atoms with Crippen LogP contribution in [0, 0.1) is 5.82 Å². The molecule has 0 aliphatic rings. The number of benzene rings is 2. The quantitative estimate of drug-likeness (QED) is 0.707. The molecule has 8 heteroatoms. The zero-order chi connectivity index (χ0) is 16.2. The van der Waals surface area contributed by atoms with Crippen molar-refractivity contribution in [2.24, 2.45) is 0 Å². The van der Waals surface area contributed by atoms with Gasteiger partial charge in [0.25, 0.3) is 0 Å². The first-order valence-corrected chi connectivity index (χ1v) is 7.30. The number of nitrogens with zero attached hydrogens (tertiary/aromatic N) is 3. The summed E-state index contributed by atoms with van der Waals surface area (Å²) in [6, 6.07) is 10.9. The summed E-state index contributed by atoms with van der Waals surface area (Å²) < 4.78 is 12.9. The van der Waals surface area contributed by atoms with E-state index in [1.807, 2.05) is 0 Å². The molecule has 0 atom stereocenters. The van der Waals surface area contributed by atoms with Gasteiger partial charge in [0.1, 0.15) is 5.82 Å². The lowest BCUT2D eigenvalue weighted by atomic mass is 10.3. The molecule has 0 bridgehead atoms. The summed E-state index contributed by atoms with van der Waals surface area (Å²) in [4.78, 5) is 4.27. The van der Waals surface area contributed by atoms with Gasteiger partial charge in [0.05, 0.1) is 16.9 Å². The lowest BCUT2D eigenvalue weighted by Gasteiger charge is -2.09. The molecule has 0 fully saturated rings. The van der Waals surface area contributed by atoms with Crippen molar-refractivity contribution in [3.63, 3.8) is 0 Å². The van der Waals surface area contributed by atoms with Crippen LogP contribution in [0.3, 0.4) is 0 Å². The number of rotatable bonds is 4. The van der Waals surface area contributed by atoms with Crippen molar-refractivity contribution in [2.45, 2.75) is 0 Å². The predicted molar refractivity (Wildman–Crippen MR) is 89.3 cm³/mol. The number of hydrogen-bond donors (Lipinski definition) is 2. The monoisotopic (exact) mass is 349 g/mol. The van der Waals surface area contributed by atoms with E-state index in [0.717, 1.165) is 0 Å². The molecule has 2 N–H and O–H groups in total. The van der Waals surface area contributed by atoms with Gasteiger partial charge in [-0.3, -0.25) is 0 Å². The lowest BCUT2D eigenvalue weighted by molar-refractivity contribution is 0.628. The molecule has 23 heavy (non-hydrogen) atoms. The van der Waals surface area contributed by atoms with Gasteiger partial charge in [-0.15, -0.1) is 5.10 Å². The highest BCUT2D eigenvalue weighted by atomic mass is 35.5. The van der Waals surface area contributed by atoms with Crippen LogP contribution in [0.4, 0.5) is 27.5 Å². The summed E-state index contributed by atoms with van der Waals surface area (Å²) >= 11 is 12.0. The van der Waals surface area contributed by atoms with Crippen LogP contribution in [-0.4, -0.2) is 15.2 Å². The van der Waals surface area contributed by atoms with Crippen LogP contribution < -0.4 is 10.6 Å². The maximum absolute atomic E-state index is 12.9. The molecule has 0 saturated carbocycles. The summed E-state index contributed by atoms with van der Waals surface area (Å²) in [5.41, 5.74) is 1.25. The molecule has 2 aromatic carbocycles. The molecule has 0 spiro atoms. The topological polar surface area (TPSA) is 62.7 Å². The van der Waals surface area contributed by atoms with Gasteiger partial charge in [-0.05, 0) is 42.5 Å². The SMILES string of the molecule is Fc1ccc(Nc2nncc(Nc3cc(Cl)ccc3Cl)n2)cc1. The van der Waals surface area contributed by atoms with Gasteiger partial charge in [-0.25, -0.2) is 4.39 Å². The molecular formula is C15H10Cl2FN5. The first kappa shape index (κ1) is 15.5. The van der Waals surface area contributed by atoms with Crippen LogP contribution in [0.25, 0.3) is 0 Å². The summed E-state index contributed by atoms with van der Waals surface area (Å²) in [5, 5.41) is 14.7. The molecular weight excluding hydrogens is 340 g/mol. The second kappa shape index (κ2) is 6.76. The third-order valence-electron chi connectivity index (χ3n) is 2.85. The minimum atomic E-state index is -0.319. The van der Waals surface area contributed by atoms with Gasteiger partial charge < -0.3 is 10.6 Å². The van der Waals surface area contributed by atoms with Crippen molar-refractivity contribution in [3.05, 3.63) is 64.5 Å². The largest absolute Gasteiger partial charge is 0.338 e. The van der Waals surface area contributed by atoms with E-state index >= 15 is 0 Å². The fraction of sp³-hybridized carbons (Fsp3) is 0. The van der Waals surface area contributed by atoms with E-state index in [1.165, 1.54) is 18.3 Å². The predicted octanol–water partition coefficient (Wildman–Crippen LogP) is 4.80. The van der Waals surface area contributed by atoms with Gasteiger partial charge in [-0.1, -0.05) is 23.2 Å². The zero-order valence-electron chi connectivity index (χ0n) is 11.6. The highest BCUT2D eigenvalue weighted by Gasteiger charge is 2.05. The van der Waals surface area contributed by atoms with Gasteiger partial charge in [0.2, 0.25) is 5.95 Å². The second-order valence-electron chi connectivity index (χ2n) is 4.55. The third-order valence-corrected chi connectivity index (χ3v) is 3.42. The van der Waals surface area contributed by atoms with Crippen LogP contribution >= 0.6 is 23.2 Å². The highest BCUT2D eigenvalue weighted by molar-refractivity contribution is 6.35. The maximum atomic E-state index is 12.9. The third kappa shape index (κ3) is 4.06. The highest BCUT2D eigenvalue weighted by Crippen LogP contribution is 2.27. The smallest absolute Gasteiger partial charge is 0.249 e. The fourth-order valence-corrected chi connectivity index (χ4v) is 2.15. The molecule has 116 valence electrons. The first-order chi connectivity index (χ1) is 11.1. The van der Waals surface area contributed by atoms with Gasteiger partial charge in [-0.2, -0.15) is 10.1 Å². The Hall–Kier alpha value is -2.44. The number of aromatic nitrogens is 3. The maximum Gasteiger partial charge on any atom is 0.249 e. The van der Waals surface area contributed by atoms with Crippen molar-refractivity contribution < 1.29 is 4.39 Å². The Morgan fingerprint density at radius 2 is 1.74 bits per heavy atom. The van der Waals surface area contributed by atoms with E-state index in [0.29, 0.717) is 27.2 Å². The van der Waals surface area contributed by atoms with E-state index in [2.05, 4.69) is 25.8 Å². The van der Waals surface area contributed by atoms with Crippen molar-refractivity contribution in [3.8, 4) is 0 Å². The number of nitrogens with one attached hydrogen (secondary N) is 2. The molecule has 0 radical (unpaired) electrons. The number of hydrogen-bond acceptors (Lipinski definition) is 5. The molecule has 3 aromatic rings. The number of anilines is 4. The van der Waals surface area contributed by atoms with Gasteiger partial charge >= 0.3 is 0 Å². The Kier molecular flexibility index (Phi) is 4.55. The average molecular weight is 350 g/mol. The molecule has 1 aromatic heterocycles. The van der Waals surface area contributed by atoms with E-state index in [4.69, 9.17) is 23.2 Å². The van der Waals surface area contributed by atoms with E-state index in [9.17, 15) is 4.39 Å². The molecule has 0 aliphatic carbocycles. The van der Waals surface area contributed by atoms with Crippen molar-refractivity contribution in [1.82, 2.24) is 15.2 Å². The molecule has 0 aliphatic heterocycles. The second-order valence-corrected chi connectivity index (χ2v) is 5.39. The van der Waals surface area contributed by atoms with E-state index < -0.39 is 0 Å². The lowest BCUT2D eigenvalue weighted by Crippen LogP contribution is -2.02. The van der Waals surface area contributed by atoms with Gasteiger partial charge in [0.15, 0.2) is 5.82 Å². The Balaban J connectivity index is 1.79. The number of halogens is 3. The minimum absolute atomic E-state index is 0.264. The molecule has 0 amide bonds. The standard InChI is InChI=1S/C15H10Cl2FN5/c16-9-1-6-12(17)13(7-9)21-14-8-19-23-15(22-14)20-11-4-2-10(18)3-5-11/h1-8H,(H2,20,21,22,23). The van der Waals surface area contributed by atoms with E-state index in [1.54, 1.807) is 30.3 Å². The Bertz CT molecular complexity index is 826. The minimum Gasteiger partial charge on any atom is -0.338 e. The van der Waals surface area contributed by atoms with Crippen LogP contribution in [-0.2, 0) is 0 Å². The summed E-state index contributed by atoms with van der Waals surface area (Å²) in [5.74, 6) is 0.383. The average Bonchev–Trinajstić information content (AvgIpc) is 2.54. The molecule has 0 saturated heterocycles. The van der Waals surface area contributed by atoms with Crippen LogP contribution in [0.2, 0.25) is 10.0 Å². The normalized spacial score (nSPS) is 10.4. The van der Waals surface area contributed by atoms with E-state index in [-0.39, 0.29) is 11.8 Å². The summed E-state index contributed by atoms with van der Waals surface area (Å²) in [6.07, 6.45) is 1.45. The fourth-order valence-electron chi connectivity index (χ4n) is 1.81. The first-order valence-electron chi connectivity index (χ1n) is 6.54. The van der Waals surface area contributed by atoms with Crippen molar-refractivity contribution in [1.29, 1.82) is 0 Å². The molecule has 0 unspecified atom stereocenters. The molecule has 3 rings (SSSR count).